The first-order valence-corrected chi connectivity index (χ1v) is 8.22. The molecule has 0 atom stereocenters. The molecule has 0 saturated carbocycles. The zero-order chi connectivity index (χ0) is 18.3. The largest absolute Gasteiger partial charge is 0.494 e. The van der Waals surface area contributed by atoms with Crippen LogP contribution in [0.4, 0.5) is 0 Å². The van der Waals surface area contributed by atoms with Crippen molar-refractivity contribution in [2.24, 2.45) is 11.5 Å². The monoisotopic (exact) mass is 320 g/mol. The zero-order valence-electron chi connectivity index (χ0n) is 15.9. The SMILES string of the molecule is C/C=C(\N)c1cccc(B2OC(C)(C)C(C)(C)O2)c1.CC.CN. The number of nitrogens with two attached hydrogens (primary N) is 2. The molecule has 0 bridgehead atoms. The van der Waals surface area contributed by atoms with Crippen LogP contribution in [0.25, 0.3) is 5.70 Å². The smallest absolute Gasteiger partial charge is 0.399 e. The zero-order valence-corrected chi connectivity index (χ0v) is 15.9. The van der Waals surface area contributed by atoms with Crippen molar-refractivity contribution in [2.45, 2.75) is 59.7 Å². The normalized spacial score (nSPS) is 18.5. The summed E-state index contributed by atoms with van der Waals surface area (Å²) in [6, 6.07) is 8.00. The minimum Gasteiger partial charge on any atom is -0.399 e. The highest BCUT2D eigenvalue weighted by atomic mass is 16.7. The highest BCUT2D eigenvalue weighted by molar-refractivity contribution is 6.62. The summed E-state index contributed by atoms with van der Waals surface area (Å²) < 4.78 is 12.1. The molecule has 1 saturated heterocycles. The van der Waals surface area contributed by atoms with Crippen LogP contribution in [0.3, 0.4) is 0 Å². The number of hydrogen-bond donors (Lipinski definition) is 2. The van der Waals surface area contributed by atoms with Gasteiger partial charge in [-0.25, -0.2) is 0 Å². The Labute approximate surface area is 142 Å². The maximum atomic E-state index is 6.04. The molecular weight excluding hydrogens is 287 g/mol. The van der Waals surface area contributed by atoms with E-state index in [4.69, 9.17) is 15.0 Å². The lowest BCUT2D eigenvalue weighted by molar-refractivity contribution is 0.00578. The Morgan fingerprint density at radius 1 is 1.04 bits per heavy atom. The fourth-order valence-electron chi connectivity index (χ4n) is 2.01. The topological polar surface area (TPSA) is 70.5 Å². The van der Waals surface area contributed by atoms with E-state index >= 15 is 0 Å². The van der Waals surface area contributed by atoms with Crippen molar-refractivity contribution in [2.75, 3.05) is 7.05 Å². The molecule has 4 N–H and O–H groups in total. The molecule has 5 heteroatoms. The van der Waals surface area contributed by atoms with Gasteiger partial charge in [0.25, 0.3) is 0 Å². The van der Waals surface area contributed by atoms with Crippen LogP contribution in [0.1, 0.15) is 54.0 Å². The molecule has 0 amide bonds. The number of benzene rings is 1. The van der Waals surface area contributed by atoms with E-state index < -0.39 is 0 Å². The molecule has 23 heavy (non-hydrogen) atoms. The van der Waals surface area contributed by atoms with Crippen molar-refractivity contribution < 1.29 is 9.31 Å². The molecule has 0 aromatic heterocycles. The lowest BCUT2D eigenvalue weighted by Gasteiger charge is -2.32. The van der Waals surface area contributed by atoms with Gasteiger partial charge < -0.3 is 20.8 Å². The molecule has 0 spiro atoms. The number of allylic oxidation sites excluding steroid dienone is 1. The van der Waals surface area contributed by atoms with Gasteiger partial charge in [-0.3, -0.25) is 0 Å². The van der Waals surface area contributed by atoms with Crippen LogP contribution in [0, 0.1) is 0 Å². The second-order valence-corrected chi connectivity index (χ2v) is 5.96. The fraction of sp³-hybridized carbons (Fsp3) is 0.556. The van der Waals surface area contributed by atoms with Gasteiger partial charge in [0, 0.05) is 5.70 Å². The van der Waals surface area contributed by atoms with Gasteiger partial charge in [0.2, 0.25) is 0 Å². The Kier molecular flexibility index (Phi) is 8.60. The molecule has 1 aromatic rings. The van der Waals surface area contributed by atoms with Gasteiger partial charge in [-0.1, -0.05) is 44.2 Å². The van der Waals surface area contributed by atoms with Gasteiger partial charge in [-0.05, 0) is 52.7 Å². The first-order valence-electron chi connectivity index (χ1n) is 8.22. The minimum absolute atomic E-state index is 0.320. The van der Waals surface area contributed by atoms with Crippen molar-refractivity contribution in [3.63, 3.8) is 0 Å². The predicted molar refractivity (Wildman–Crippen MR) is 101 cm³/mol. The molecule has 0 aliphatic carbocycles. The Morgan fingerprint density at radius 3 is 1.96 bits per heavy atom. The minimum atomic E-state index is -0.338. The second kappa shape index (κ2) is 9.11. The molecular formula is C18H33BN2O2. The molecule has 1 aliphatic heterocycles. The van der Waals surface area contributed by atoms with Gasteiger partial charge in [0.15, 0.2) is 0 Å². The summed E-state index contributed by atoms with van der Waals surface area (Å²) >= 11 is 0. The van der Waals surface area contributed by atoms with Gasteiger partial charge >= 0.3 is 7.12 Å². The standard InChI is InChI=1S/C15H22BNO2.C2H6.CH5N/c1-6-13(17)11-8-7-9-12(10-11)16-18-14(2,3)15(4,5)19-16;2*1-2/h6-10H,17H2,1-5H3;1-2H3;2H2,1H3/b13-6-;;. The van der Waals surface area contributed by atoms with Gasteiger partial charge in [-0.15, -0.1) is 0 Å². The van der Waals surface area contributed by atoms with E-state index in [-0.39, 0.29) is 18.3 Å². The van der Waals surface area contributed by atoms with E-state index in [1.54, 1.807) is 0 Å². The van der Waals surface area contributed by atoms with Crippen LogP contribution >= 0.6 is 0 Å². The van der Waals surface area contributed by atoms with Crippen LogP contribution in [0.5, 0.6) is 0 Å². The molecule has 2 rings (SSSR count). The summed E-state index contributed by atoms with van der Waals surface area (Å²) in [6.45, 7) is 14.1. The Balaban J connectivity index is 0.00000112. The molecule has 1 aliphatic rings. The van der Waals surface area contributed by atoms with Crippen LogP contribution < -0.4 is 16.9 Å². The van der Waals surface area contributed by atoms with E-state index in [1.807, 2.05) is 51.1 Å². The molecule has 4 nitrogen and oxygen atoms in total. The van der Waals surface area contributed by atoms with Gasteiger partial charge in [0.05, 0.1) is 11.2 Å². The molecule has 1 fully saturated rings. The van der Waals surface area contributed by atoms with E-state index in [1.165, 1.54) is 7.05 Å². The van der Waals surface area contributed by atoms with Crippen LogP contribution in [-0.4, -0.2) is 25.4 Å². The molecule has 0 unspecified atom stereocenters. The molecule has 0 radical (unpaired) electrons. The molecule has 1 aromatic carbocycles. The third kappa shape index (κ3) is 5.10. The van der Waals surface area contributed by atoms with E-state index in [0.29, 0.717) is 0 Å². The van der Waals surface area contributed by atoms with E-state index in [9.17, 15) is 0 Å². The third-order valence-electron chi connectivity index (χ3n) is 4.06. The van der Waals surface area contributed by atoms with Crippen LogP contribution in [0.2, 0.25) is 0 Å². The number of hydrogen-bond acceptors (Lipinski definition) is 4. The predicted octanol–water partition coefficient (Wildman–Crippen LogP) is 2.91. The van der Waals surface area contributed by atoms with Crippen LogP contribution in [-0.2, 0) is 9.31 Å². The van der Waals surface area contributed by atoms with Gasteiger partial charge in [-0.2, -0.15) is 0 Å². The summed E-state index contributed by atoms with van der Waals surface area (Å²) in [7, 11) is 1.16. The first-order chi connectivity index (χ1) is 10.8. The van der Waals surface area contributed by atoms with Crippen molar-refractivity contribution in [3.8, 4) is 0 Å². The third-order valence-corrected chi connectivity index (χ3v) is 4.06. The summed E-state index contributed by atoms with van der Waals surface area (Å²) in [5, 5.41) is 0. The molecule has 130 valence electrons. The summed E-state index contributed by atoms with van der Waals surface area (Å²) in [4.78, 5) is 0. The fourth-order valence-corrected chi connectivity index (χ4v) is 2.01. The van der Waals surface area contributed by atoms with Gasteiger partial charge in [0.1, 0.15) is 0 Å². The first kappa shape index (κ1) is 21.7. The Bertz CT molecular complexity index is 497. The molecule has 1 heterocycles. The maximum absolute atomic E-state index is 6.04. The lowest BCUT2D eigenvalue weighted by atomic mass is 9.78. The average molecular weight is 320 g/mol. The summed E-state index contributed by atoms with van der Waals surface area (Å²) in [6.07, 6.45) is 1.89. The van der Waals surface area contributed by atoms with Crippen LogP contribution in [0.15, 0.2) is 30.3 Å². The highest BCUT2D eigenvalue weighted by Crippen LogP contribution is 2.36. The second-order valence-electron chi connectivity index (χ2n) is 5.96. The summed E-state index contributed by atoms with van der Waals surface area (Å²) in [5.41, 5.74) is 12.6. The number of rotatable bonds is 2. The van der Waals surface area contributed by atoms with Crippen molar-refractivity contribution >= 4 is 18.3 Å². The van der Waals surface area contributed by atoms with Crippen molar-refractivity contribution in [1.82, 2.24) is 0 Å². The quantitative estimate of drug-likeness (QED) is 0.822. The average Bonchev–Trinajstić information content (AvgIpc) is 2.78. The van der Waals surface area contributed by atoms with E-state index in [0.717, 1.165) is 16.7 Å². The highest BCUT2D eigenvalue weighted by Gasteiger charge is 2.51. The lowest BCUT2D eigenvalue weighted by Crippen LogP contribution is -2.41. The van der Waals surface area contributed by atoms with E-state index in [2.05, 4.69) is 33.4 Å². The van der Waals surface area contributed by atoms with Crippen molar-refractivity contribution in [1.29, 1.82) is 0 Å². The Morgan fingerprint density at radius 2 is 1.52 bits per heavy atom. The van der Waals surface area contributed by atoms with Crippen molar-refractivity contribution in [3.05, 3.63) is 35.9 Å². The summed E-state index contributed by atoms with van der Waals surface area (Å²) in [5.74, 6) is 0. The maximum Gasteiger partial charge on any atom is 0.494 e. The Hall–Kier alpha value is -1.30.